The van der Waals surface area contributed by atoms with Crippen LogP contribution < -0.4 is 4.74 Å². The van der Waals surface area contributed by atoms with Crippen LogP contribution in [0.4, 0.5) is 13.2 Å². The quantitative estimate of drug-likeness (QED) is 0.916. The van der Waals surface area contributed by atoms with Crippen LogP contribution in [0.2, 0.25) is 0 Å². The number of halogens is 3. The van der Waals surface area contributed by atoms with E-state index < -0.39 is 18.2 Å². The number of fused-ring (bicyclic) bond motifs is 1. The molecule has 0 fully saturated rings. The van der Waals surface area contributed by atoms with E-state index in [2.05, 4.69) is 0 Å². The average Bonchev–Trinajstić information content (AvgIpc) is 2.35. The highest BCUT2D eigenvalue weighted by atomic mass is 19.4. The number of ether oxygens (including phenoxy) is 1. The molecule has 0 saturated carbocycles. The molecule has 2 nitrogen and oxygen atoms in total. The number of alkyl halides is 3. The summed E-state index contributed by atoms with van der Waals surface area (Å²) in [4.78, 5) is 0. The van der Waals surface area contributed by atoms with Crippen molar-refractivity contribution in [1.29, 1.82) is 0 Å². The van der Waals surface area contributed by atoms with Crippen LogP contribution in [0.1, 0.15) is 30.4 Å². The van der Waals surface area contributed by atoms with E-state index in [4.69, 9.17) is 4.74 Å². The Labute approximate surface area is 110 Å². The fourth-order valence-corrected chi connectivity index (χ4v) is 2.54. The molecular formula is C14H17F3O2. The predicted molar refractivity (Wildman–Crippen MR) is 65.3 cm³/mol. The van der Waals surface area contributed by atoms with Gasteiger partial charge in [-0.05, 0) is 42.5 Å². The summed E-state index contributed by atoms with van der Waals surface area (Å²) >= 11 is 0. The topological polar surface area (TPSA) is 29.5 Å². The molecule has 5 heteroatoms. The van der Waals surface area contributed by atoms with E-state index >= 15 is 0 Å². The zero-order valence-electron chi connectivity index (χ0n) is 10.8. The van der Waals surface area contributed by atoms with E-state index in [1.165, 1.54) is 0 Å². The maximum atomic E-state index is 12.3. The number of aliphatic hydroxyl groups is 1. The first-order valence-electron chi connectivity index (χ1n) is 6.26. The van der Waals surface area contributed by atoms with Crippen molar-refractivity contribution in [3.63, 3.8) is 0 Å². The first-order valence-corrected chi connectivity index (χ1v) is 6.26. The third-order valence-electron chi connectivity index (χ3n) is 3.67. The lowest BCUT2D eigenvalue weighted by Crippen LogP contribution is -2.37. The fraction of sp³-hybridized carbons (Fsp3) is 0.571. The van der Waals surface area contributed by atoms with Crippen molar-refractivity contribution in [2.75, 3.05) is 7.11 Å². The Hall–Kier alpha value is -1.23. The second-order valence-corrected chi connectivity index (χ2v) is 5.15. The minimum atomic E-state index is -4.22. The second-order valence-electron chi connectivity index (χ2n) is 5.15. The minimum Gasteiger partial charge on any atom is -0.497 e. The molecule has 19 heavy (non-hydrogen) atoms. The van der Waals surface area contributed by atoms with Crippen LogP contribution in [-0.4, -0.2) is 24.0 Å². The molecule has 0 bridgehead atoms. The van der Waals surface area contributed by atoms with Gasteiger partial charge in [0.15, 0.2) is 0 Å². The van der Waals surface area contributed by atoms with Crippen molar-refractivity contribution in [2.24, 2.45) is 0 Å². The lowest BCUT2D eigenvalue weighted by atomic mass is 9.78. The van der Waals surface area contributed by atoms with Crippen LogP contribution in [0.15, 0.2) is 18.2 Å². The van der Waals surface area contributed by atoms with Crippen molar-refractivity contribution in [1.82, 2.24) is 0 Å². The standard InChI is InChI=1S/C14H17F3O2/c1-19-12-3-2-10-4-5-13(18,9-11(10)8-12)6-7-14(15,16)17/h2-3,8,18H,4-7,9H2,1H3. The van der Waals surface area contributed by atoms with Crippen LogP contribution in [0.3, 0.4) is 0 Å². The van der Waals surface area contributed by atoms with Crippen molar-refractivity contribution < 1.29 is 23.0 Å². The van der Waals surface area contributed by atoms with Crippen LogP contribution in [0, 0.1) is 0 Å². The monoisotopic (exact) mass is 274 g/mol. The molecule has 106 valence electrons. The number of benzene rings is 1. The van der Waals surface area contributed by atoms with E-state index in [0.29, 0.717) is 18.6 Å². The van der Waals surface area contributed by atoms with E-state index in [1.54, 1.807) is 13.2 Å². The Bertz CT molecular complexity index is 456. The summed E-state index contributed by atoms with van der Waals surface area (Å²) in [5.74, 6) is 0.666. The second kappa shape index (κ2) is 5.04. The molecule has 1 aliphatic carbocycles. The highest BCUT2D eigenvalue weighted by Gasteiger charge is 2.37. The zero-order chi connectivity index (χ0) is 14.1. The molecule has 1 aliphatic rings. The average molecular weight is 274 g/mol. The van der Waals surface area contributed by atoms with E-state index in [1.807, 2.05) is 12.1 Å². The van der Waals surface area contributed by atoms with Gasteiger partial charge in [0.25, 0.3) is 0 Å². The van der Waals surface area contributed by atoms with Gasteiger partial charge in [0, 0.05) is 12.8 Å². The predicted octanol–water partition coefficient (Wildman–Crippen LogP) is 3.26. The van der Waals surface area contributed by atoms with Crippen LogP contribution in [0.5, 0.6) is 5.75 Å². The molecule has 1 N–H and O–H groups in total. The Morgan fingerprint density at radius 3 is 2.68 bits per heavy atom. The summed E-state index contributed by atoms with van der Waals surface area (Å²) in [6.07, 6.45) is -4.16. The van der Waals surface area contributed by atoms with Gasteiger partial charge in [0.2, 0.25) is 0 Å². The zero-order valence-corrected chi connectivity index (χ0v) is 10.8. The van der Waals surface area contributed by atoms with Crippen molar-refractivity contribution in [3.05, 3.63) is 29.3 Å². The molecule has 2 rings (SSSR count). The summed E-state index contributed by atoms with van der Waals surface area (Å²) in [5.41, 5.74) is 0.710. The molecule has 0 aromatic heterocycles. The lowest BCUT2D eigenvalue weighted by Gasteiger charge is -2.34. The van der Waals surface area contributed by atoms with Crippen molar-refractivity contribution in [2.45, 2.75) is 43.9 Å². The van der Waals surface area contributed by atoms with Gasteiger partial charge in [-0.25, -0.2) is 0 Å². The molecule has 1 aromatic rings. The van der Waals surface area contributed by atoms with Gasteiger partial charge in [-0.15, -0.1) is 0 Å². The highest BCUT2D eigenvalue weighted by Crippen LogP contribution is 2.36. The molecule has 1 atom stereocenters. The minimum absolute atomic E-state index is 0.243. The maximum absolute atomic E-state index is 12.3. The van der Waals surface area contributed by atoms with Gasteiger partial charge >= 0.3 is 6.18 Å². The van der Waals surface area contributed by atoms with Gasteiger partial charge in [-0.2, -0.15) is 13.2 Å². The molecule has 1 aromatic carbocycles. The normalized spacial score (nSPS) is 23.0. The van der Waals surface area contributed by atoms with Crippen molar-refractivity contribution >= 4 is 0 Å². The van der Waals surface area contributed by atoms with Crippen LogP contribution >= 0.6 is 0 Å². The first kappa shape index (κ1) is 14.2. The summed E-state index contributed by atoms with van der Waals surface area (Å²) in [6, 6.07) is 5.55. The Kier molecular flexibility index (Phi) is 3.76. The van der Waals surface area contributed by atoms with E-state index in [0.717, 1.165) is 11.1 Å². The smallest absolute Gasteiger partial charge is 0.389 e. The molecule has 0 radical (unpaired) electrons. The van der Waals surface area contributed by atoms with Crippen LogP contribution in [-0.2, 0) is 12.8 Å². The third-order valence-corrected chi connectivity index (χ3v) is 3.67. The Morgan fingerprint density at radius 2 is 2.05 bits per heavy atom. The molecule has 0 saturated heterocycles. The molecule has 1 unspecified atom stereocenters. The van der Waals surface area contributed by atoms with Gasteiger partial charge in [0.1, 0.15) is 5.75 Å². The molecule has 0 heterocycles. The van der Waals surface area contributed by atoms with Crippen LogP contribution in [0.25, 0.3) is 0 Å². The Morgan fingerprint density at radius 1 is 1.32 bits per heavy atom. The largest absolute Gasteiger partial charge is 0.497 e. The number of aryl methyl sites for hydroxylation is 1. The van der Waals surface area contributed by atoms with Gasteiger partial charge < -0.3 is 9.84 Å². The number of methoxy groups -OCH3 is 1. The SMILES string of the molecule is COc1ccc2c(c1)CC(O)(CCC(F)(F)F)CC2. The van der Waals surface area contributed by atoms with E-state index in [-0.39, 0.29) is 12.8 Å². The van der Waals surface area contributed by atoms with Crippen molar-refractivity contribution in [3.8, 4) is 5.75 Å². The third kappa shape index (κ3) is 3.62. The maximum Gasteiger partial charge on any atom is 0.389 e. The summed E-state index contributed by atoms with van der Waals surface area (Å²) < 4.78 is 41.9. The lowest BCUT2D eigenvalue weighted by molar-refractivity contribution is -0.147. The number of rotatable bonds is 3. The first-order chi connectivity index (χ1) is 8.81. The van der Waals surface area contributed by atoms with Gasteiger partial charge in [-0.3, -0.25) is 0 Å². The fourth-order valence-electron chi connectivity index (χ4n) is 2.54. The number of hydrogen-bond donors (Lipinski definition) is 1. The summed E-state index contributed by atoms with van der Waals surface area (Å²) in [7, 11) is 1.54. The summed E-state index contributed by atoms with van der Waals surface area (Å²) in [5, 5.41) is 10.3. The molecule has 0 aliphatic heterocycles. The Balaban J connectivity index is 2.11. The highest BCUT2D eigenvalue weighted by molar-refractivity contribution is 5.38. The molecular weight excluding hydrogens is 257 g/mol. The van der Waals surface area contributed by atoms with E-state index in [9.17, 15) is 18.3 Å². The van der Waals surface area contributed by atoms with Gasteiger partial charge in [0.05, 0.1) is 12.7 Å². The molecule has 0 spiro atoms. The molecule has 0 amide bonds. The van der Waals surface area contributed by atoms with Gasteiger partial charge in [-0.1, -0.05) is 6.07 Å². The number of hydrogen-bond acceptors (Lipinski definition) is 2. The summed E-state index contributed by atoms with van der Waals surface area (Å²) in [6.45, 7) is 0.